The molecule has 1 amide bonds. The fraction of sp³-hybridized carbons (Fsp3) is 0.200. The average Bonchev–Trinajstić information content (AvgIpc) is 3.03. The molecule has 0 fully saturated rings. The van der Waals surface area contributed by atoms with Crippen LogP contribution in [0.1, 0.15) is 24.0 Å². The van der Waals surface area contributed by atoms with E-state index in [2.05, 4.69) is 15.5 Å². The topological polar surface area (TPSA) is 66.5 Å². The van der Waals surface area contributed by atoms with Crippen LogP contribution in [0.3, 0.4) is 0 Å². The summed E-state index contributed by atoms with van der Waals surface area (Å²) < 4.78 is 5.67. The average molecular weight is 370 g/mol. The maximum atomic E-state index is 11.9. The standard InChI is InChI=1S/C20H20ClN3O2/c1-14-11-16(21)8-9-19(14)26-10-4-7-20(25)24-23-13-15-12-22-18-6-3-2-5-17(15)18/h2-3,5-6,8-9,11-13,22H,4,7,10H2,1H3,(H,24,25). The SMILES string of the molecule is Cc1cc(Cl)ccc1OCCCC(=O)NN=Cc1c[nH]c2ccccc12. The number of para-hydroxylation sites is 1. The summed E-state index contributed by atoms with van der Waals surface area (Å²) in [6, 6.07) is 13.4. The number of hydrogen-bond donors (Lipinski definition) is 2. The van der Waals surface area contributed by atoms with Gasteiger partial charge in [-0.25, -0.2) is 5.43 Å². The van der Waals surface area contributed by atoms with Gasteiger partial charge in [-0.2, -0.15) is 5.10 Å². The van der Waals surface area contributed by atoms with Crippen LogP contribution in [0.5, 0.6) is 5.75 Å². The third-order valence-corrected chi connectivity index (χ3v) is 4.19. The van der Waals surface area contributed by atoms with Crippen LogP contribution < -0.4 is 10.2 Å². The summed E-state index contributed by atoms with van der Waals surface area (Å²) in [6.45, 7) is 2.40. The van der Waals surface area contributed by atoms with Crippen molar-refractivity contribution in [1.29, 1.82) is 0 Å². The summed E-state index contributed by atoms with van der Waals surface area (Å²) in [5.41, 5.74) is 5.49. The lowest BCUT2D eigenvalue weighted by Gasteiger charge is -2.08. The van der Waals surface area contributed by atoms with E-state index in [1.54, 1.807) is 12.3 Å². The van der Waals surface area contributed by atoms with E-state index in [0.29, 0.717) is 24.5 Å². The molecule has 0 saturated carbocycles. The van der Waals surface area contributed by atoms with E-state index in [4.69, 9.17) is 16.3 Å². The zero-order chi connectivity index (χ0) is 18.4. The van der Waals surface area contributed by atoms with Gasteiger partial charge in [0, 0.05) is 34.1 Å². The molecule has 0 bridgehead atoms. The minimum absolute atomic E-state index is 0.141. The van der Waals surface area contributed by atoms with Gasteiger partial charge in [-0.3, -0.25) is 4.79 Å². The molecule has 26 heavy (non-hydrogen) atoms. The van der Waals surface area contributed by atoms with Crippen molar-refractivity contribution in [1.82, 2.24) is 10.4 Å². The number of nitrogens with one attached hydrogen (secondary N) is 2. The van der Waals surface area contributed by atoms with Crippen LogP contribution in [0.15, 0.2) is 53.8 Å². The molecular weight excluding hydrogens is 350 g/mol. The molecule has 6 heteroatoms. The minimum atomic E-state index is -0.141. The Bertz CT molecular complexity index is 934. The van der Waals surface area contributed by atoms with Crippen LogP contribution in [0, 0.1) is 6.92 Å². The van der Waals surface area contributed by atoms with Gasteiger partial charge in [0.25, 0.3) is 0 Å². The number of hydrogen-bond acceptors (Lipinski definition) is 3. The molecule has 0 aliphatic rings. The van der Waals surface area contributed by atoms with Gasteiger partial charge in [-0.1, -0.05) is 29.8 Å². The largest absolute Gasteiger partial charge is 0.493 e. The van der Waals surface area contributed by atoms with Gasteiger partial charge >= 0.3 is 0 Å². The number of carbonyl (C=O) groups is 1. The monoisotopic (exact) mass is 369 g/mol. The molecule has 0 aliphatic heterocycles. The summed E-state index contributed by atoms with van der Waals surface area (Å²) in [4.78, 5) is 15.0. The minimum Gasteiger partial charge on any atom is -0.493 e. The van der Waals surface area contributed by atoms with E-state index >= 15 is 0 Å². The van der Waals surface area contributed by atoms with Crippen LogP contribution in [-0.4, -0.2) is 23.7 Å². The van der Waals surface area contributed by atoms with Crippen molar-refractivity contribution in [2.75, 3.05) is 6.61 Å². The Morgan fingerprint density at radius 3 is 3.00 bits per heavy atom. The van der Waals surface area contributed by atoms with Crippen LogP contribution in [0.4, 0.5) is 0 Å². The Hall–Kier alpha value is -2.79. The maximum Gasteiger partial charge on any atom is 0.240 e. The van der Waals surface area contributed by atoms with Gasteiger partial charge in [0.05, 0.1) is 12.8 Å². The molecule has 2 aromatic carbocycles. The number of amides is 1. The van der Waals surface area contributed by atoms with Crippen molar-refractivity contribution >= 4 is 34.6 Å². The van der Waals surface area contributed by atoms with Gasteiger partial charge in [-0.05, 0) is 43.2 Å². The quantitative estimate of drug-likeness (QED) is 0.367. The van der Waals surface area contributed by atoms with Crippen molar-refractivity contribution < 1.29 is 9.53 Å². The summed E-state index contributed by atoms with van der Waals surface area (Å²) in [5, 5.41) is 5.77. The second-order valence-corrected chi connectivity index (χ2v) is 6.38. The predicted octanol–water partition coefficient (Wildman–Crippen LogP) is 4.44. The Morgan fingerprint density at radius 2 is 2.15 bits per heavy atom. The number of rotatable bonds is 7. The van der Waals surface area contributed by atoms with Crippen molar-refractivity contribution in [2.24, 2.45) is 5.10 Å². The number of hydrazone groups is 1. The van der Waals surface area contributed by atoms with Crippen molar-refractivity contribution in [3.8, 4) is 5.75 Å². The highest BCUT2D eigenvalue weighted by Gasteiger charge is 2.03. The smallest absolute Gasteiger partial charge is 0.240 e. The van der Waals surface area contributed by atoms with E-state index in [-0.39, 0.29) is 5.91 Å². The number of aryl methyl sites for hydroxylation is 1. The Morgan fingerprint density at radius 1 is 1.31 bits per heavy atom. The van der Waals surface area contributed by atoms with Crippen molar-refractivity contribution in [3.05, 3.63) is 64.8 Å². The number of aromatic nitrogens is 1. The van der Waals surface area contributed by atoms with Gasteiger partial charge in [0.15, 0.2) is 0 Å². The summed E-state index contributed by atoms with van der Waals surface area (Å²) >= 11 is 5.91. The number of ether oxygens (including phenoxy) is 1. The molecule has 0 unspecified atom stereocenters. The van der Waals surface area contributed by atoms with Crippen LogP contribution in [0.2, 0.25) is 5.02 Å². The zero-order valence-corrected chi connectivity index (χ0v) is 15.2. The van der Waals surface area contributed by atoms with E-state index in [0.717, 1.165) is 27.8 Å². The second kappa shape index (κ2) is 8.54. The van der Waals surface area contributed by atoms with E-state index < -0.39 is 0 Å². The predicted molar refractivity (Wildman–Crippen MR) is 105 cm³/mol. The maximum absolute atomic E-state index is 11.9. The first-order valence-corrected chi connectivity index (χ1v) is 8.78. The first kappa shape index (κ1) is 18.0. The fourth-order valence-electron chi connectivity index (χ4n) is 2.62. The number of fused-ring (bicyclic) bond motifs is 1. The molecule has 0 aliphatic carbocycles. The molecule has 0 saturated heterocycles. The molecule has 2 N–H and O–H groups in total. The number of aromatic amines is 1. The third-order valence-electron chi connectivity index (χ3n) is 3.96. The molecule has 134 valence electrons. The normalized spacial score (nSPS) is 11.2. The lowest BCUT2D eigenvalue weighted by molar-refractivity contribution is -0.121. The highest BCUT2D eigenvalue weighted by atomic mass is 35.5. The van der Waals surface area contributed by atoms with Gasteiger partial charge < -0.3 is 9.72 Å². The lowest BCUT2D eigenvalue weighted by Crippen LogP contribution is -2.18. The van der Waals surface area contributed by atoms with Gasteiger partial charge in [0.1, 0.15) is 5.75 Å². The first-order valence-electron chi connectivity index (χ1n) is 8.40. The van der Waals surface area contributed by atoms with E-state index in [9.17, 15) is 4.79 Å². The number of carbonyl (C=O) groups excluding carboxylic acids is 1. The van der Waals surface area contributed by atoms with Crippen molar-refractivity contribution in [3.63, 3.8) is 0 Å². The Kier molecular flexibility index (Phi) is 5.92. The molecule has 5 nitrogen and oxygen atoms in total. The highest BCUT2D eigenvalue weighted by molar-refractivity contribution is 6.30. The van der Waals surface area contributed by atoms with Crippen molar-refractivity contribution in [2.45, 2.75) is 19.8 Å². The molecule has 0 radical (unpaired) electrons. The van der Waals surface area contributed by atoms with Crippen LogP contribution in [-0.2, 0) is 4.79 Å². The fourth-order valence-corrected chi connectivity index (χ4v) is 2.85. The number of nitrogens with zero attached hydrogens (tertiary/aromatic N) is 1. The van der Waals surface area contributed by atoms with E-state index in [1.807, 2.05) is 49.5 Å². The molecular formula is C20H20ClN3O2. The summed E-state index contributed by atoms with van der Waals surface area (Å²) in [5.74, 6) is 0.643. The highest BCUT2D eigenvalue weighted by Crippen LogP contribution is 2.22. The zero-order valence-electron chi connectivity index (χ0n) is 14.5. The van der Waals surface area contributed by atoms with Gasteiger partial charge in [0.2, 0.25) is 5.91 Å². The Labute approximate surface area is 157 Å². The van der Waals surface area contributed by atoms with Crippen LogP contribution >= 0.6 is 11.6 Å². The first-order chi connectivity index (χ1) is 12.6. The molecule has 0 atom stereocenters. The number of H-pyrrole nitrogens is 1. The lowest BCUT2D eigenvalue weighted by atomic mass is 10.2. The molecule has 1 aromatic heterocycles. The molecule has 0 spiro atoms. The van der Waals surface area contributed by atoms with Crippen LogP contribution in [0.25, 0.3) is 10.9 Å². The number of halogens is 1. The molecule has 3 rings (SSSR count). The summed E-state index contributed by atoms with van der Waals surface area (Å²) in [6.07, 6.45) is 4.46. The third kappa shape index (κ3) is 4.64. The summed E-state index contributed by atoms with van der Waals surface area (Å²) in [7, 11) is 0. The number of benzene rings is 2. The molecule has 3 aromatic rings. The van der Waals surface area contributed by atoms with Gasteiger partial charge in [-0.15, -0.1) is 0 Å². The van der Waals surface area contributed by atoms with E-state index in [1.165, 1.54) is 0 Å². The Balaban J connectivity index is 1.41. The molecule has 1 heterocycles. The second-order valence-electron chi connectivity index (χ2n) is 5.94.